The Balaban J connectivity index is 0.000000704. The lowest BCUT2D eigenvalue weighted by Crippen LogP contribution is -1.95. The summed E-state index contributed by atoms with van der Waals surface area (Å²) in [6.07, 6.45) is 1.67. The van der Waals surface area contributed by atoms with E-state index in [9.17, 15) is 8.78 Å². The minimum absolute atomic E-state index is 0.523. The van der Waals surface area contributed by atoms with Crippen LogP contribution in [0, 0.1) is 11.6 Å². The average molecular weight is 275 g/mol. The number of hydrogen-bond donors (Lipinski definition) is 0. The molecule has 0 N–H and O–H groups in total. The molecule has 5 heteroatoms. The maximum Gasteiger partial charge on any atom is 0.159 e. The van der Waals surface area contributed by atoms with Crippen molar-refractivity contribution in [3.05, 3.63) is 48.2 Å². The van der Waals surface area contributed by atoms with Crippen molar-refractivity contribution in [3.8, 4) is 11.4 Å². The summed E-state index contributed by atoms with van der Waals surface area (Å²) >= 11 is 0. The van der Waals surface area contributed by atoms with Crippen LogP contribution in [0.5, 0.6) is 0 Å². The summed E-state index contributed by atoms with van der Waals surface area (Å²) in [5.74, 6) is -1.19. The molecule has 1 aromatic carbocycles. The molecule has 3 aromatic rings. The molecule has 0 unspecified atom stereocenters. The summed E-state index contributed by atoms with van der Waals surface area (Å²) in [5.41, 5.74) is 1.95. The van der Waals surface area contributed by atoms with Gasteiger partial charge in [-0.25, -0.2) is 18.7 Å². The Morgan fingerprint density at radius 3 is 2.45 bits per heavy atom. The molecule has 0 radical (unpaired) electrons. The molecule has 0 saturated carbocycles. The van der Waals surface area contributed by atoms with Gasteiger partial charge in [-0.1, -0.05) is 13.8 Å². The Kier molecular flexibility index (Phi) is 4.08. The van der Waals surface area contributed by atoms with Gasteiger partial charge in [-0.05, 0) is 30.3 Å². The molecule has 0 aliphatic carbocycles. The van der Waals surface area contributed by atoms with Crippen LogP contribution in [0.3, 0.4) is 0 Å². The van der Waals surface area contributed by atoms with Gasteiger partial charge in [0.05, 0.1) is 0 Å². The second kappa shape index (κ2) is 5.77. The topological polar surface area (TPSA) is 30.7 Å². The molecule has 0 saturated heterocycles. The van der Waals surface area contributed by atoms with E-state index in [0.29, 0.717) is 17.0 Å². The lowest BCUT2D eigenvalue weighted by atomic mass is 10.2. The average Bonchev–Trinajstić information content (AvgIpc) is 2.82. The summed E-state index contributed by atoms with van der Waals surface area (Å²) < 4.78 is 27.9. The zero-order chi connectivity index (χ0) is 14.7. The highest BCUT2D eigenvalue weighted by Gasteiger charge is 2.12. The standard InChI is InChI=1S/C13H9F2N3.C2H6/c1-18-12(8-4-5-9(14)10(15)7-8)17-11-3-2-6-16-13(11)18;1-2/h2-7H,1H3;1-2H3. The quantitative estimate of drug-likeness (QED) is 0.673. The highest BCUT2D eigenvalue weighted by molar-refractivity contribution is 5.76. The Hall–Kier alpha value is -2.30. The van der Waals surface area contributed by atoms with E-state index >= 15 is 0 Å². The summed E-state index contributed by atoms with van der Waals surface area (Å²) in [4.78, 5) is 8.56. The molecule has 104 valence electrons. The molecule has 0 aliphatic rings. The molecule has 3 rings (SSSR count). The molecule has 20 heavy (non-hydrogen) atoms. The first-order valence-electron chi connectivity index (χ1n) is 6.39. The monoisotopic (exact) mass is 275 g/mol. The highest BCUT2D eigenvalue weighted by Crippen LogP contribution is 2.23. The molecule has 0 atom stereocenters. The molecule has 0 amide bonds. The first kappa shape index (κ1) is 14.1. The molecule has 2 heterocycles. The second-order valence-corrected chi connectivity index (χ2v) is 3.97. The summed E-state index contributed by atoms with van der Waals surface area (Å²) in [6, 6.07) is 7.34. The minimum Gasteiger partial charge on any atom is -0.312 e. The summed E-state index contributed by atoms with van der Waals surface area (Å²) in [6.45, 7) is 4.00. The van der Waals surface area contributed by atoms with E-state index in [0.717, 1.165) is 17.6 Å². The van der Waals surface area contributed by atoms with Gasteiger partial charge in [-0.2, -0.15) is 0 Å². The predicted octanol–water partition coefficient (Wildman–Crippen LogP) is 3.94. The van der Waals surface area contributed by atoms with E-state index < -0.39 is 11.6 Å². The van der Waals surface area contributed by atoms with Gasteiger partial charge in [-0.3, -0.25) is 0 Å². The van der Waals surface area contributed by atoms with Crippen LogP contribution in [0.1, 0.15) is 13.8 Å². The molecule has 0 bridgehead atoms. The van der Waals surface area contributed by atoms with Crippen molar-refractivity contribution in [1.82, 2.24) is 14.5 Å². The van der Waals surface area contributed by atoms with Crippen LogP contribution in [0.25, 0.3) is 22.6 Å². The van der Waals surface area contributed by atoms with Crippen molar-refractivity contribution in [1.29, 1.82) is 0 Å². The van der Waals surface area contributed by atoms with Crippen molar-refractivity contribution in [2.75, 3.05) is 0 Å². The van der Waals surface area contributed by atoms with Gasteiger partial charge in [0.25, 0.3) is 0 Å². The van der Waals surface area contributed by atoms with Crippen LogP contribution >= 0.6 is 0 Å². The van der Waals surface area contributed by atoms with Crippen LogP contribution in [0.2, 0.25) is 0 Å². The SMILES string of the molecule is CC.Cn1c(-c2ccc(F)c(F)c2)nc2cccnc21. The van der Waals surface area contributed by atoms with E-state index in [-0.39, 0.29) is 0 Å². The largest absolute Gasteiger partial charge is 0.312 e. The predicted molar refractivity (Wildman–Crippen MR) is 75.2 cm³/mol. The number of imidazole rings is 1. The maximum atomic E-state index is 13.2. The summed E-state index contributed by atoms with van der Waals surface area (Å²) in [5, 5.41) is 0. The van der Waals surface area contributed by atoms with Crippen molar-refractivity contribution >= 4 is 11.2 Å². The number of hydrogen-bond acceptors (Lipinski definition) is 2. The lowest BCUT2D eigenvalue weighted by molar-refractivity contribution is 0.509. The van der Waals surface area contributed by atoms with Crippen LogP contribution in [-0.2, 0) is 7.05 Å². The zero-order valence-corrected chi connectivity index (χ0v) is 11.6. The van der Waals surface area contributed by atoms with Gasteiger partial charge < -0.3 is 4.57 Å². The van der Waals surface area contributed by atoms with Crippen LogP contribution in [0.15, 0.2) is 36.5 Å². The Bertz CT molecular complexity index is 735. The van der Waals surface area contributed by atoms with E-state index in [1.54, 1.807) is 23.9 Å². The van der Waals surface area contributed by atoms with Gasteiger partial charge in [0.2, 0.25) is 0 Å². The van der Waals surface area contributed by atoms with Crippen molar-refractivity contribution in [3.63, 3.8) is 0 Å². The van der Waals surface area contributed by atoms with Crippen LogP contribution in [0.4, 0.5) is 8.78 Å². The first-order chi connectivity index (χ1) is 9.66. The van der Waals surface area contributed by atoms with Crippen molar-refractivity contribution in [2.24, 2.45) is 7.05 Å². The lowest BCUT2D eigenvalue weighted by Gasteiger charge is -2.02. The molecule has 0 fully saturated rings. The number of benzene rings is 1. The fourth-order valence-electron chi connectivity index (χ4n) is 1.92. The third kappa shape index (κ3) is 2.39. The minimum atomic E-state index is -0.882. The normalized spacial score (nSPS) is 10.2. The smallest absolute Gasteiger partial charge is 0.159 e. The van der Waals surface area contributed by atoms with Gasteiger partial charge in [0.1, 0.15) is 11.3 Å². The number of aryl methyl sites for hydroxylation is 1. The summed E-state index contributed by atoms with van der Waals surface area (Å²) in [7, 11) is 1.79. The van der Waals surface area contributed by atoms with E-state index in [1.165, 1.54) is 6.07 Å². The van der Waals surface area contributed by atoms with Crippen LogP contribution in [-0.4, -0.2) is 14.5 Å². The number of fused-ring (bicyclic) bond motifs is 1. The number of aromatic nitrogens is 3. The van der Waals surface area contributed by atoms with E-state index in [1.807, 2.05) is 19.9 Å². The van der Waals surface area contributed by atoms with Crippen molar-refractivity contribution in [2.45, 2.75) is 13.8 Å². The molecular weight excluding hydrogens is 260 g/mol. The molecule has 2 aromatic heterocycles. The third-order valence-corrected chi connectivity index (χ3v) is 2.81. The van der Waals surface area contributed by atoms with E-state index in [4.69, 9.17) is 0 Å². The number of rotatable bonds is 1. The second-order valence-electron chi connectivity index (χ2n) is 3.97. The van der Waals surface area contributed by atoms with Gasteiger partial charge >= 0.3 is 0 Å². The Morgan fingerprint density at radius 1 is 1.05 bits per heavy atom. The molecule has 0 spiro atoms. The van der Waals surface area contributed by atoms with Gasteiger partial charge in [-0.15, -0.1) is 0 Å². The Morgan fingerprint density at radius 2 is 1.80 bits per heavy atom. The molecular formula is C15H15F2N3. The number of nitrogens with zero attached hydrogens (tertiary/aromatic N) is 3. The van der Waals surface area contributed by atoms with Gasteiger partial charge in [0, 0.05) is 18.8 Å². The molecule has 0 aliphatic heterocycles. The number of pyridine rings is 1. The van der Waals surface area contributed by atoms with E-state index in [2.05, 4.69) is 9.97 Å². The van der Waals surface area contributed by atoms with Crippen molar-refractivity contribution < 1.29 is 8.78 Å². The third-order valence-electron chi connectivity index (χ3n) is 2.81. The van der Waals surface area contributed by atoms with Gasteiger partial charge in [0.15, 0.2) is 17.3 Å². The highest BCUT2D eigenvalue weighted by atomic mass is 19.2. The first-order valence-corrected chi connectivity index (χ1v) is 6.39. The fraction of sp³-hybridized carbons (Fsp3) is 0.200. The molecule has 3 nitrogen and oxygen atoms in total. The number of halogens is 2. The van der Waals surface area contributed by atoms with Crippen LogP contribution < -0.4 is 0 Å². The maximum absolute atomic E-state index is 13.2. The zero-order valence-electron chi connectivity index (χ0n) is 11.6. The fourth-order valence-corrected chi connectivity index (χ4v) is 1.92. The Labute approximate surface area is 115 Å².